The maximum Gasteiger partial charge on any atom is 0.150 e. The molecule has 0 atom stereocenters. The Bertz CT molecular complexity index is 1590. The van der Waals surface area contributed by atoms with Gasteiger partial charge in [0.1, 0.15) is 12.6 Å². The number of aryl methyl sites for hydroxylation is 2. The molecule has 0 aliphatic rings. The maximum absolute atomic E-state index is 11.0. The average Bonchev–Trinajstić information content (AvgIpc) is 3.01. The van der Waals surface area contributed by atoms with Gasteiger partial charge in [0.25, 0.3) is 0 Å². The van der Waals surface area contributed by atoms with Crippen LogP contribution in [0.5, 0.6) is 0 Å². The molecule has 0 fully saturated rings. The van der Waals surface area contributed by atoms with E-state index in [0.29, 0.717) is 11.1 Å². The van der Waals surface area contributed by atoms with Crippen molar-refractivity contribution in [2.75, 3.05) is 0 Å². The minimum Gasteiger partial charge on any atom is -0.298 e. The SMILES string of the molecule is Cc1cc(-c2ccccc2/C=C\c2ccc(C=O)cc2)c(C)cc1-c1ccccc1C=Cc1ccc(C=O)cc1. The highest BCUT2D eigenvalue weighted by Crippen LogP contribution is 2.35. The van der Waals surface area contributed by atoms with E-state index >= 15 is 0 Å². The fourth-order valence-corrected chi connectivity index (χ4v) is 4.92. The summed E-state index contributed by atoms with van der Waals surface area (Å²) in [6.07, 6.45) is 10.2. The molecule has 2 heteroatoms. The van der Waals surface area contributed by atoms with Crippen LogP contribution in [0.1, 0.15) is 54.1 Å². The van der Waals surface area contributed by atoms with Crippen molar-refractivity contribution in [1.82, 2.24) is 0 Å². The quantitative estimate of drug-likeness (QED) is 0.151. The van der Waals surface area contributed by atoms with Crippen molar-refractivity contribution in [3.8, 4) is 22.3 Å². The van der Waals surface area contributed by atoms with Gasteiger partial charge in [-0.05, 0) is 69.5 Å². The van der Waals surface area contributed by atoms with E-state index in [4.69, 9.17) is 0 Å². The monoisotopic (exact) mass is 518 g/mol. The molecule has 0 spiro atoms. The number of benzene rings is 5. The Morgan fingerprint density at radius 1 is 0.400 bits per heavy atom. The minimum atomic E-state index is 0.675. The summed E-state index contributed by atoms with van der Waals surface area (Å²) >= 11 is 0. The molecule has 0 N–H and O–H groups in total. The lowest BCUT2D eigenvalue weighted by molar-refractivity contribution is 0.111. The Kier molecular flexibility index (Phi) is 8.08. The summed E-state index contributed by atoms with van der Waals surface area (Å²) in [6, 6.07) is 36.6. The molecule has 40 heavy (non-hydrogen) atoms. The van der Waals surface area contributed by atoms with Crippen LogP contribution in [0, 0.1) is 13.8 Å². The van der Waals surface area contributed by atoms with Crippen molar-refractivity contribution in [2.45, 2.75) is 13.8 Å². The first-order valence-corrected chi connectivity index (χ1v) is 13.3. The summed E-state index contributed by atoms with van der Waals surface area (Å²) < 4.78 is 0. The van der Waals surface area contributed by atoms with Crippen molar-refractivity contribution in [2.24, 2.45) is 0 Å². The Hall–Kier alpha value is -5.08. The first-order valence-electron chi connectivity index (χ1n) is 13.3. The predicted octanol–water partition coefficient (Wildman–Crippen LogP) is 9.60. The number of hydrogen-bond acceptors (Lipinski definition) is 2. The molecular formula is C38H30O2. The number of carbonyl (C=O) groups is 2. The third kappa shape index (κ3) is 5.98. The van der Waals surface area contributed by atoms with Gasteiger partial charge in [-0.25, -0.2) is 0 Å². The topological polar surface area (TPSA) is 34.1 Å². The smallest absolute Gasteiger partial charge is 0.150 e. The van der Waals surface area contributed by atoms with E-state index < -0.39 is 0 Å². The standard InChI is InChI=1S/C38H30O2/c1-27-23-38(36-10-6-4-8-34(36)22-20-30-13-17-32(26-40)18-14-30)28(2)24-37(27)35-9-5-3-7-33(35)21-19-29-11-15-31(25-39)16-12-29/h3-26H,1-2H3/b21-19-,22-20?. The first-order chi connectivity index (χ1) is 19.6. The van der Waals surface area contributed by atoms with Crippen LogP contribution < -0.4 is 0 Å². The molecule has 0 heterocycles. The normalized spacial score (nSPS) is 11.2. The Morgan fingerprint density at radius 2 is 0.750 bits per heavy atom. The lowest BCUT2D eigenvalue weighted by Gasteiger charge is -2.16. The van der Waals surface area contributed by atoms with Crippen LogP contribution in [0.25, 0.3) is 46.6 Å². The molecule has 0 aliphatic heterocycles. The number of carbonyl (C=O) groups excluding carboxylic acids is 2. The summed E-state index contributed by atoms with van der Waals surface area (Å²) in [7, 11) is 0. The van der Waals surface area contributed by atoms with E-state index in [1.54, 1.807) is 0 Å². The van der Waals surface area contributed by atoms with Gasteiger partial charge >= 0.3 is 0 Å². The van der Waals surface area contributed by atoms with Crippen LogP contribution in [-0.4, -0.2) is 12.6 Å². The van der Waals surface area contributed by atoms with E-state index in [2.05, 4.69) is 98.8 Å². The summed E-state index contributed by atoms with van der Waals surface area (Å²) in [5.41, 5.74) is 12.9. The molecule has 0 aliphatic carbocycles. The van der Waals surface area contributed by atoms with E-state index in [9.17, 15) is 9.59 Å². The molecule has 5 aromatic rings. The van der Waals surface area contributed by atoms with Gasteiger partial charge in [-0.2, -0.15) is 0 Å². The van der Waals surface area contributed by atoms with Crippen molar-refractivity contribution >= 4 is 36.9 Å². The van der Waals surface area contributed by atoms with Gasteiger partial charge in [0.2, 0.25) is 0 Å². The first kappa shape index (κ1) is 26.5. The maximum atomic E-state index is 11.0. The third-order valence-electron chi connectivity index (χ3n) is 7.13. The van der Waals surface area contributed by atoms with Crippen molar-refractivity contribution < 1.29 is 9.59 Å². The predicted molar refractivity (Wildman–Crippen MR) is 168 cm³/mol. The fraction of sp³-hybridized carbons (Fsp3) is 0.0526. The zero-order valence-corrected chi connectivity index (χ0v) is 22.7. The van der Waals surface area contributed by atoms with Crippen molar-refractivity contribution in [3.63, 3.8) is 0 Å². The molecule has 5 aromatic carbocycles. The van der Waals surface area contributed by atoms with Gasteiger partial charge in [-0.3, -0.25) is 9.59 Å². The van der Waals surface area contributed by atoms with Gasteiger partial charge in [-0.1, -0.05) is 133 Å². The van der Waals surface area contributed by atoms with Crippen molar-refractivity contribution in [1.29, 1.82) is 0 Å². The highest BCUT2D eigenvalue weighted by Gasteiger charge is 2.12. The second kappa shape index (κ2) is 12.2. The van der Waals surface area contributed by atoms with Gasteiger partial charge in [0, 0.05) is 11.1 Å². The second-order valence-corrected chi connectivity index (χ2v) is 9.89. The molecule has 194 valence electrons. The summed E-state index contributed by atoms with van der Waals surface area (Å²) in [5, 5.41) is 0. The van der Waals surface area contributed by atoms with Gasteiger partial charge in [0.15, 0.2) is 0 Å². The van der Waals surface area contributed by atoms with Gasteiger partial charge < -0.3 is 0 Å². The summed E-state index contributed by atoms with van der Waals surface area (Å²) in [6.45, 7) is 4.34. The van der Waals surface area contributed by atoms with Crippen molar-refractivity contribution in [3.05, 3.63) is 154 Å². The third-order valence-corrected chi connectivity index (χ3v) is 7.13. The van der Waals surface area contributed by atoms with E-state index in [1.807, 2.05) is 48.5 Å². The van der Waals surface area contributed by atoms with E-state index in [0.717, 1.165) is 34.8 Å². The lowest BCUT2D eigenvalue weighted by Crippen LogP contribution is -1.93. The summed E-state index contributed by atoms with van der Waals surface area (Å²) in [5.74, 6) is 0. The number of hydrogen-bond donors (Lipinski definition) is 0. The average molecular weight is 519 g/mol. The Balaban J connectivity index is 1.48. The van der Waals surface area contributed by atoms with Crippen LogP contribution in [0.2, 0.25) is 0 Å². The molecule has 2 nitrogen and oxygen atoms in total. The largest absolute Gasteiger partial charge is 0.298 e. The van der Waals surface area contributed by atoms with Crippen LogP contribution in [-0.2, 0) is 0 Å². The van der Waals surface area contributed by atoms with Gasteiger partial charge in [0.05, 0.1) is 0 Å². The van der Waals surface area contributed by atoms with Crippen LogP contribution in [0.15, 0.2) is 109 Å². The zero-order chi connectivity index (χ0) is 27.9. The second-order valence-electron chi connectivity index (χ2n) is 9.89. The fourth-order valence-electron chi connectivity index (χ4n) is 4.92. The highest BCUT2D eigenvalue weighted by molar-refractivity contribution is 5.87. The molecule has 0 saturated carbocycles. The van der Waals surface area contributed by atoms with Crippen LogP contribution in [0.4, 0.5) is 0 Å². The molecule has 5 rings (SSSR count). The van der Waals surface area contributed by atoms with E-state index in [1.165, 1.54) is 33.4 Å². The molecule has 0 radical (unpaired) electrons. The van der Waals surface area contributed by atoms with Crippen LogP contribution >= 0.6 is 0 Å². The molecule has 0 unspecified atom stereocenters. The van der Waals surface area contributed by atoms with Gasteiger partial charge in [-0.15, -0.1) is 0 Å². The number of aldehydes is 2. The molecule has 0 saturated heterocycles. The molecule has 0 bridgehead atoms. The van der Waals surface area contributed by atoms with Crippen LogP contribution in [0.3, 0.4) is 0 Å². The Morgan fingerprint density at radius 3 is 1.12 bits per heavy atom. The lowest BCUT2D eigenvalue weighted by atomic mass is 9.88. The minimum absolute atomic E-state index is 0.675. The highest BCUT2D eigenvalue weighted by atomic mass is 16.1. The zero-order valence-electron chi connectivity index (χ0n) is 22.7. The molecule has 0 aromatic heterocycles. The van der Waals surface area contributed by atoms with E-state index in [-0.39, 0.29) is 0 Å². The molecule has 0 amide bonds. The Labute approximate surface area is 236 Å². The molecular weight excluding hydrogens is 488 g/mol. The summed E-state index contributed by atoms with van der Waals surface area (Å²) in [4.78, 5) is 21.9. The number of rotatable bonds is 8.